The molecule has 0 aliphatic heterocycles. The Labute approximate surface area is 262 Å². The maximum Gasteiger partial charge on any atom is 0.430 e. The second-order valence-electron chi connectivity index (χ2n) is 11.5. The summed E-state index contributed by atoms with van der Waals surface area (Å²) in [5.41, 5.74) is -9.35. The number of nitrogens with zero attached hydrogens (tertiary/aromatic N) is 1. The summed E-state index contributed by atoms with van der Waals surface area (Å²) in [6.45, 7) is -1.77. The van der Waals surface area contributed by atoms with E-state index in [0.717, 1.165) is 42.5 Å². The van der Waals surface area contributed by atoms with Crippen LogP contribution >= 0.6 is 0 Å². The van der Waals surface area contributed by atoms with Crippen molar-refractivity contribution in [2.24, 2.45) is 5.41 Å². The van der Waals surface area contributed by atoms with Crippen molar-refractivity contribution in [1.82, 2.24) is 5.32 Å². The molecule has 2 aliphatic rings. The first-order valence-corrected chi connectivity index (χ1v) is 15.4. The molecule has 1 amide bonds. The van der Waals surface area contributed by atoms with Gasteiger partial charge >= 0.3 is 12.4 Å². The van der Waals surface area contributed by atoms with E-state index in [0.29, 0.717) is 24.3 Å². The summed E-state index contributed by atoms with van der Waals surface area (Å²) in [4.78, 5) is 12.2. The van der Waals surface area contributed by atoms with Gasteiger partial charge in [0, 0.05) is 17.2 Å². The van der Waals surface area contributed by atoms with Crippen molar-refractivity contribution in [3.63, 3.8) is 0 Å². The van der Waals surface area contributed by atoms with Gasteiger partial charge in [-0.15, -0.1) is 0 Å². The van der Waals surface area contributed by atoms with Gasteiger partial charge in [0.15, 0.2) is 9.84 Å². The van der Waals surface area contributed by atoms with Crippen molar-refractivity contribution in [2.45, 2.75) is 65.9 Å². The number of hydrogen-bond acceptors (Lipinski definition) is 5. The molecule has 250 valence electrons. The monoisotopic (exact) mass is 690 g/mol. The minimum atomic E-state index is -6.22. The highest BCUT2D eigenvalue weighted by Gasteiger charge is 2.73. The van der Waals surface area contributed by atoms with Gasteiger partial charge in [-0.05, 0) is 67.6 Å². The second kappa shape index (κ2) is 11.6. The molecule has 0 radical (unpaired) electrons. The maximum absolute atomic E-state index is 14.4. The highest BCUT2D eigenvalue weighted by Crippen LogP contribution is 2.56. The first kappa shape index (κ1) is 34.2. The molecule has 0 unspecified atom stereocenters. The topological polar surface area (TPSA) is 96.3 Å². The molecule has 0 spiro atoms. The lowest BCUT2D eigenvalue weighted by atomic mass is 9.74. The molecule has 0 heterocycles. The summed E-state index contributed by atoms with van der Waals surface area (Å²) in [6, 6.07) is 8.90. The van der Waals surface area contributed by atoms with Crippen molar-refractivity contribution in [1.29, 1.82) is 5.26 Å². The smallest absolute Gasteiger partial charge is 0.352 e. The average Bonchev–Trinajstić information content (AvgIpc) is 3.77. The van der Waals surface area contributed by atoms with E-state index in [1.807, 2.05) is 6.07 Å². The molecule has 0 aromatic heterocycles. The number of nitriles is 1. The fourth-order valence-corrected chi connectivity index (χ4v) is 7.95. The second-order valence-corrected chi connectivity index (χ2v) is 13.7. The molecule has 16 heteroatoms. The highest BCUT2D eigenvalue weighted by atomic mass is 32.2. The van der Waals surface area contributed by atoms with Gasteiger partial charge in [0.25, 0.3) is 5.60 Å². The van der Waals surface area contributed by atoms with Crippen molar-refractivity contribution in [3.8, 4) is 6.07 Å². The van der Waals surface area contributed by atoms with E-state index in [2.05, 4.69) is 10.1 Å². The predicted molar refractivity (Wildman–Crippen MR) is 145 cm³/mol. The standard InChI is InChI=1S/C31H23F9N2O4S/c32-20-8-10-22(11-9-20)47(44,45)28(14-21(15-28)42-26(43)27(17-41)12-13-27)18-4-6-19(7-5-18)29(30(35,36)37,31(38,39)40)46-16-23-24(33)2-1-3-25(23)34/h1-11,21H,12-16H2,(H,42,43). The first-order chi connectivity index (χ1) is 21.8. The zero-order valence-electron chi connectivity index (χ0n) is 23.9. The van der Waals surface area contributed by atoms with Gasteiger partial charge in [0.05, 0.1) is 17.6 Å². The van der Waals surface area contributed by atoms with E-state index < -0.39 is 90.0 Å². The Hall–Kier alpha value is -4.10. The Morgan fingerprint density at radius 3 is 1.87 bits per heavy atom. The largest absolute Gasteiger partial charge is 0.430 e. The number of ether oxygens (including phenoxy) is 1. The number of rotatable bonds is 9. The Morgan fingerprint density at radius 2 is 1.40 bits per heavy atom. The summed E-state index contributed by atoms with van der Waals surface area (Å²) < 4.78 is 158. The van der Waals surface area contributed by atoms with Crippen molar-refractivity contribution < 1.29 is 57.5 Å². The van der Waals surface area contributed by atoms with Gasteiger partial charge in [0.1, 0.15) is 27.6 Å². The molecule has 0 atom stereocenters. The van der Waals surface area contributed by atoms with Gasteiger partial charge in [-0.2, -0.15) is 31.6 Å². The van der Waals surface area contributed by atoms with Gasteiger partial charge in [-0.1, -0.05) is 30.3 Å². The predicted octanol–water partition coefficient (Wildman–Crippen LogP) is 6.89. The van der Waals surface area contributed by atoms with Crippen LogP contribution in [0.1, 0.15) is 42.4 Å². The molecular weight excluding hydrogens is 667 g/mol. The van der Waals surface area contributed by atoms with Crippen LogP contribution in [0.3, 0.4) is 0 Å². The Morgan fingerprint density at radius 1 is 0.872 bits per heavy atom. The quantitative estimate of drug-likeness (QED) is 0.195. The number of carbonyl (C=O) groups excluding carboxylic acids is 1. The average molecular weight is 691 g/mol. The Kier molecular flexibility index (Phi) is 8.41. The molecule has 0 bridgehead atoms. The van der Waals surface area contributed by atoms with Gasteiger partial charge in [-0.25, -0.2) is 21.6 Å². The number of sulfone groups is 1. The summed E-state index contributed by atoms with van der Waals surface area (Å²) in [5, 5.41) is 11.9. The minimum absolute atomic E-state index is 0.254. The van der Waals surface area contributed by atoms with Crippen LogP contribution in [-0.4, -0.2) is 32.7 Å². The molecule has 2 saturated carbocycles. The molecule has 3 aromatic carbocycles. The van der Waals surface area contributed by atoms with Crippen LogP contribution in [0.4, 0.5) is 39.5 Å². The number of hydrogen-bond donors (Lipinski definition) is 1. The van der Waals surface area contributed by atoms with Gasteiger partial charge in [0.2, 0.25) is 5.91 Å². The molecular formula is C31H23F9N2O4S. The summed E-state index contributed by atoms with van der Waals surface area (Å²) in [5.74, 6) is -4.31. The van der Waals surface area contributed by atoms with E-state index in [-0.39, 0.29) is 31.2 Å². The van der Waals surface area contributed by atoms with Crippen LogP contribution in [-0.2, 0) is 36.3 Å². The fourth-order valence-electron chi connectivity index (χ4n) is 5.72. The third-order valence-electron chi connectivity index (χ3n) is 8.64. The van der Waals surface area contributed by atoms with E-state index in [4.69, 9.17) is 0 Å². The highest BCUT2D eigenvalue weighted by molar-refractivity contribution is 7.92. The molecule has 2 aliphatic carbocycles. The number of benzene rings is 3. The van der Waals surface area contributed by atoms with E-state index >= 15 is 0 Å². The van der Waals surface area contributed by atoms with Crippen LogP contribution in [0.25, 0.3) is 0 Å². The van der Waals surface area contributed by atoms with E-state index in [1.165, 1.54) is 0 Å². The Balaban J connectivity index is 1.55. The van der Waals surface area contributed by atoms with Crippen LogP contribution < -0.4 is 5.32 Å². The maximum atomic E-state index is 14.4. The summed E-state index contributed by atoms with van der Waals surface area (Å²) in [6.07, 6.45) is -12.6. The lowest BCUT2D eigenvalue weighted by molar-refractivity contribution is -0.392. The van der Waals surface area contributed by atoms with Crippen LogP contribution in [0.5, 0.6) is 0 Å². The number of halogens is 9. The molecule has 6 nitrogen and oxygen atoms in total. The number of carbonyl (C=O) groups is 1. The van der Waals surface area contributed by atoms with Crippen LogP contribution in [0.15, 0.2) is 71.6 Å². The van der Waals surface area contributed by atoms with Crippen molar-refractivity contribution in [2.75, 3.05) is 0 Å². The molecule has 0 saturated heterocycles. The van der Waals surface area contributed by atoms with Gasteiger partial charge in [-0.3, -0.25) is 4.79 Å². The third-order valence-corrected chi connectivity index (χ3v) is 11.1. The van der Waals surface area contributed by atoms with E-state index in [9.17, 15) is 58.0 Å². The lowest BCUT2D eigenvalue weighted by Crippen LogP contribution is -2.58. The van der Waals surface area contributed by atoms with Crippen molar-refractivity contribution in [3.05, 3.63) is 101 Å². The third kappa shape index (κ3) is 5.62. The Bertz CT molecular complexity index is 1790. The van der Waals surface area contributed by atoms with Crippen molar-refractivity contribution >= 4 is 15.7 Å². The molecule has 2 fully saturated rings. The zero-order valence-corrected chi connectivity index (χ0v) is 24.7. The van der Waals surface area contributed by atoms with Gasteiger partial charge < -0.3 is 10.1 Å². The number of nitrogens with one attached hydrogen (secondary N) is 1. The summed E-state index contributed by atoms with van der Waals surface area (Å²) >= 11 is 0. The molecule has 3 aromatic rings. The normalized spacial score (nSPS) is 21.0. The first-order valence-electron chi connectivity index (χ1n) is 13.9. The lowest BCUT2D eigenvalue weighted by Gasteiger charge is -2.47. The molecule has 1 N–H and O–H groups in total. The minimum Gasteiger partial charge on any atom is -0.352 e. The van der Waals surface area contributed by atoms with E-state index in [1.54, 1.807) is 0 Å². The molecule has 47 heavy (non-hydrogen) atoms. The number of amides is 1. The van der Waals surface area contributed by atoms with Crippen LogP contribution in [0, 0.1) is 34.2 Å². The summed E-state index contributed by atoms with van der Waals surface area (Å²) in [7, 11) is -4.53. The zero-order chi connectivity index (χ0) is 34.6. The van der Waals surface area contributed by atoms with Crippen LogP contribution in [0.2, 0.25) is 0 Å². The number of alkyl halides is 6. The molecule has 5 rings (SSSR count). The SMILES string of the molecule is N#CC1(C(=O)NC2CC(c3ccc(C(OCc4c(F)cccc4F)(C(F)(F)F)C(F)(F)F)cc3)(S(=O)(=O)c3ccc(F)cc3)C2)CC1. The fraction of sp³-hybridized carbons (Fsp3) is 0.355.